The summed E-state index contributed by atoms with van der Waals surface area (Å²) in [5.74, 6) is -4.23. The van der Waals surface area contributed by atoms with Gasteiger partial charge in [0.1, 0.15) is 46.2 Å². The van der Waals surface area contributed by atoms with E-state index in [0.717, 1.165) is 22.6 Å². The van der Waals surface area contributed by atoms with Gasteiger partial charge in [0.05, 0.1) is 17.8 Å². The van der Waals surface area contributed by atoms with Gasteiger partial charge in [0.25, 0.3) is 0 Å². The number of hydrogen-bond donors (Lipinski definition) is 0. The van der Waals surface area contributed by atoms with Crippen LogP contribution in [-0.2, 0) is 18.9 Å². The maximum atomic E-state index is 14.1. The lowest BCUT2D eigenvalue weighted by Crippen LogP contribution is -2.59. The molecule has 6 atom stereocenters. The molecule has 0 amide bonds. The first-order valence-electron chi connectivity index (χ1n) is 13.7. The molecule has 0 bridgehead atoms. The molecule has 2 saturated heterocycles. The summed E-state index contributed by atoms with van der Waals surface area (Å²) in [6, 6.07) is 12.3. The molecular formula is C30H23ClF3N5O4S2. The first-order chi connectivity index (χ1) is 21.9. The van der Waals surface area contributed by atoms with Crippen molar-refractivity contribution in [2.45, 2.75) is 41.0 Å². The lowest BCUT2D eigenvalue weighted by Gasteiger charge is -2.48. The highest BCUT2D eigenvalue weighted by molar-refractivity contribution is 8.00. The molecule has 0 aliphatic carbocycles. The maximum Gasteiger partial charge on any atom is 0.194 e. The van der Waals surface area contributed by atoms with E-state index in [-0.39, 0.29) is 17.9 Å². The van der Waals surface area contributed by atoms with Crippen molar-refractivity contribution >= 4 is 34.7 Å². The topological polar surface area (TPSA) is 93.4 Å². The summed E-state index contributed by atoms with van der Waals surface area (Å²) in [6.07, 6.45) is 2.18. The molecule has 5 heterocycles. The molecule has 2 aliphatic rings. The molecule has 0 radical (unpaired) electrons. The van der Waals surface area contributed by atoms with E-state index < -0.39 is 53.5 Å². The second-order valence-electron chi connectivity index (χ2n) is 10.2. The number of methoxy groups -OCH3 is 1. The van der Waals surface area contributed by atoms with Gasteiger partial charge in [0.2, 0.25) is 0 Å². The van der Waals surface area contributed by atoms with Crippen LogP contribution in [0.2, 0.25) is 5.02 Å². The highest BCUT2D eigenvalue weighted by Gasteiger charge is 2.52. The summed E-state index contributed by atoms with van der Waals surface area (Å²) in [4.78, 5) is 9.66. The molecule has 9 nitrogen and oxygen atoms in total. The third-order valence-corrected chi connectivity index (χ3v) is 9.61. The zero-order valence-corrected chi connectivity index (χ0v) is 25.7. The predicted molar refractivity (Wildman–Crippen MR) is 160 cm³/mol. The highest BCUT2D eigenvalue weighted by Crippen LogP contribution is 2.46. The van der Waals surface area contributed by atoms with Crippen LogP contribution < -0.4 is 0 Å². The number of thioether (sulfide) groups is 1. The number of ether oxygens (including phenoxy) is 4. The minimum atomic E-state index is -1.56. The number of halogens is 4. The van der Waals surface area contributed by atoms with E-state index in [1.807, 2.05) is 35.7 Å². The Balaban J connectivity index is 1.27. The SMILES string of the molecule is COC1[C@@H](Sc2cc(Cl)cnc2-c2nccs2)OC2COC(c3ccccc3)O[C@@H]2[C@@H]1n1cc(-c2cc(F)c(F)c(F)c2)nn1. The molecular weight excluding hydrogens is 651 g/mol. The van der Waals surface area contributed by atoms with Crippen molar-refractivity contribution in [2.24, 2.45) is 0 Å². The average molecular weight is 674 g/mol. The number of hydrogen-bond acceptors (Lipinski definition) is 10. The van der Waals surface area contributed by atoms with Crippen LogP contribution in [0.5, 0.6) is 0 Å². The summed E-state index contributed by atoms with van der Waals surface area (Å²) >= 11 is 9.16. The van der Waals surface area contributed by atoms with Crippen LogP contribution in [0.15, 0.2) is 77.4 Å². The molecule has 0 saturated carbocycles. The summed E-state index contributed by atoms with van der Waals surface area (Å²) in [6.45, 7) is 0.192. The van der Waals surface area contributed by atoms with Crippen LogP contribution in [0.25, 0.3) is 22.0 Å². The van der Waals surface area contributed by atoms with E-state index in [1.165, 1.54) is 34.0 Å². The number of pyridine rings is 1. The van der Waals surface area contributed by atoms with Crippen LogP contribution in [-0.4, -0.2) is 62.4 Å². The van der Waals surface area contributed by atoms with Crippen LogP contribution in [0.1, 0.15) is 17.9 Å². The maximum absolute atomic E-state index is 14.1. The number of aromatic nitrogens is 5. The Morgan fingerprint density at radius 1 is 1.07 bits per heavy atom. The van der Waals surface area contributed by atoms with Crippen LogP contribution >= 0.6 is 34.7 Å². The van der Waals surface area contributed by atoms with E-state index in [4.69, 9.17) is 30.5 Å². The molecule has 5 aromatic rings. The van der Waals surface area contributed by atoms with E-state index in [1.54, 1.807) is 25.6 Å². The summed E-state index contributed by atoms with van der Waals surface area (Å²) in [7, 11) is 1.55. The number of rotatable bonds is 7. The van der Waals surface area contributed by atoms with Gasteiger partial charge in [-0.2, -0.15) is 0 Å². The van der Waals surface area contributed by atoms with Crippen molar-refractivity contribution in [1.82, 2.24) is 25.0 Å². The molecule has 3 aromatic heterocycles. The van der Waals surface area contributed by atoms with Crippen molar-refractivity contribution < 1.29 is 32.1 Å². The number of thiazole rings is 1. The normalized spacial score (nSPS) is 24.8. The molecule has 232 valence electrons. The molecule has 7 rings (SSSR count). The zero-order chi connectivity index (χ0) is 31.1. The fourth-order valence-corrected chi connectivity index (χ4v) is 7.63. The second-order valence-corrected chi connectivity index (χ2v) is 12.7. The summed E-state index contributed by atoms with van der Waals surface area (Å²) in [5.41, 5.74) is 0.963. The lowest BCUT2D eigenvalue weighted by atomic mass is 9.95. The van der Waals surface area contributed by atoms with E-state index in [2.05, 4.69) is 20.3 Å². The third-order valence-electron chi connectivity index (χ3n) is 7.45. The molecule has 3 unspecified atom stereocenters. The van der Waals surface area contributed by atoms with Gasteiger partial charge in [-0.3, -0.25) is 4.98 Å². The quantitative estimate of drug-likeness (QED) is 0.175. The first kappa shape index (κ1) is 30.3. The van der Waals surface area contributed by atoms with Crippen molar-refractivity contribution in [1.29, 1.82) is 0 Å². The fraction of sp³-hybridized carbons (Fsp3) is 0.267. The highest BCUT2D eigenvalue weighted by atomic mass is 35.5. The Morgan fingerprint density at radius 3 is 2.60 bits per heavy atom. The molecule has 2 aromatic carbocycles. The van der Waals surface area contributed by atoms with Crippen molar-refractivity contribution in [3.05, 3.63) is 101 Å². The Hall–Kier alpha value is -3.37. The first-order valence-corrected chi connectivity index (χ1v) is 15.8. The van der Waals surface area contributed by atoms with Crippen molar-refractivity contribution in [3.8, 4) is 22.0 Å². The van der Waals surface area contributed by atoms with Crippen LogP contribution in [0.3, 0.4) is 0 Å². The Morgan fingerprint density at radius 2 is 1.87 bits per heavy atom. The van der Waals surface area contributed by atoms with Gasteiger partial charge in [-0.15, -0.1) is 16.4 Å². The van der Waals surface area contributed by atoms with Gasteiger partial charge in [-0.25, -0.2) is 22.8 Å². The van der Waals surface area contributed by atoms with Crippen molar-refractivity contribution in [3.63, 3.8) is 0 Å². The largest absolute Gasteiger partial charge is 0.375 e. The Labute approximate surface area is 268 Å². The smallest absolute Gasteiger partial charge is 0.194 e. The molecule has 2 fully saturated rings. The van der Waals surface area contributed by atoms with Gasteiger partial charge in [-0.1, -0.05) is 58.9 Å². The Bertz CT molecular complexity index is 1780. The monoisotopic (exact) mass is 673 g/mol. The molecule has 45 heavy (non-hydrogen) atoms. The minimum absolute atomic E-state index is 0.0225. The lowest BCUT2D eigenvalue weighted by molar-refractivity contribution is -0.308. The summed E-state index contributed by atoms with van der Waals surface area (Å²) in [5, 5.41) is 11.5. The van der Waals surface area contributed by atoms with Gasteiger partial charge in [0, 0.05) is 40.9 Å². The fourth-order valence-electron chi connectivity index (χ4n) is 5.39. The standard InChI is InChI=1S/C30H23ClF3N5O4S2/c1-40-27-25(39-13-20(37-38-39)16-9-18(32)23(34)19(33)10-16)26-21(14-41-29(43-26)15-5-3-2-4-6-15)42-30(27)45-22-11-17(31)12-36-24(22)28-35-7-8-44-28/h2-13,21,25-27,29-30H,14H2,1H3/t21?,25-,26-,27?,29?,30+/m0/s1. The van der Waals surface area contributed by atoms with Crippen LogP contribution in [0, 0.1) is 17.5 Å². The number of fused-ring (bicyclic) bond motifs is 1. The van der Waals surface area contributed by atoms with Gasteiger partial charge in [-0.05, 0) is 18.2 Å². The summed E-state index contributed by atoms with van der Waals surface area (Å²) < 4.78 is 68.6. The van der Waals surface area contributed by atoms with Gasteiger partial charge < -0.3 is 18.9 Å². The number of nitrogens with zero attached hydrogens (tertiary/aromatic N) is 5. The minimum Gasteiger partial charge on any atom is -0.375 e. The molecule has 2 aliphatic heterocycles. The Kier molecular flexibility index (Phi) is 8.61. The van der Waals surface area contributed by atoms with Gasteiger partial charge >= 0.3 is 0 Å². The van der Waals surface area contributed by atoms with E-state index >= 15 is 0 Å². The van der Waals surface area contributed by atoms with Crippen molar-refractivity contribution in [2.75, 3.05) is 13.7 Å². The predicted octanol–water partition coefficient (Wildman–Crippen LogP) is 6.72. The molecule has 0 spiro atoms. The zero-order valence-electron chi connectivity index (χ0n) is 23.3. The third kappa shape index (κ3) is 5.99. The van der Waals surface area contributed by atoms with E-state index in [9.17, 15) is 13.2 Å². The second kappa shape index (κ2) is 12.8. The van der Waals surface area contributed by atoms with Crippen LogP contribution in [0.4, 0.5) is 13.2 Å². The van der Waals surface area contributed by atoms with Gasteiger partial charge in [0.15, 0.2) is 23.7 Å². The number of benzene rings is 2. The molecule has 15 heteroatoms. The van der Waals surface area contributed by atoms with E-state index in [0.29, 0.717) is 15.7 Å². The average Bonchev–Trinajstić information content (AvgIpc) is 3.76. The molecule has 0 N–H and O–H groups in total.